The first-order chi connectivity index (χ1) is 20.2. The van der Waals surface area contributed by atoms with Gasteiger partial charge in [-0.1, -0.05) is 41.9 Å². The molecule has 42 heavy (non-hydrogen) atoms. The average molecular weight is 586 g/mol. The number of aromatic nitrogens is 1. The summed E-state index contributed by atoms with van der Waals surface area (Å²) in [5.74, 6) is -0.432. The molecule has 2 aromatic carbocycles. The number of amides is 3. The van der Waals surface area contributed by atoms with E-state index in [0.29, 0.717) is 28.2 Å². The number of nitrogens with one attached hydrogen (secondary N) is 2. The maximum absolute atomic E-state index is 14.3. The van der Waals surface area contributed by atoms with Crippen LogP contribution in [-0.2, 0) is 16.9 Å². The molecule has 0 bridgehead atoms. The number of halogens is 1. The average Bonchev–Trinajstić information content (AvgIpc) is 3.62. The van der Waals surface area contributed by atoms with Crippen molar-refractivity contribution in [3.05, 3.63) is 93.1 Å². The Morgan fingerprint density at radius 3 is 2.50 bits per heavy atom. The standard InChI is InChI=1S/C33H36ClN5O3/c1-21-17-23(9-10-28(21)34)20-38-15-11-25(12-16-38)33(27-8-4-3-7-26(27)30(40)37-33)32(42)36-29-19-24(18-22(2)35-29)31(41)39-13-5-6-14-39/h3-4,7-10,17-19,25H,5-6,11-16,20H2,1-2H3,(H,37,40)(H,35,36,42)/t33-/m0/s1. The van der Waals surface area contributed by atoms with Crippen LogP contribution in [0.25, 0.3) is 0 Å². The van der Waals surface area contributed by atoms with Crippen molar-refractivity contribution in [2.75, 3.05) is 31.5 Å². The van der Waals surface area contributed by atoms with Crippen LogP contribution in [0.3, 0.4) is 0 Å². The summed E-state index contributed by atoms with van der Waals surface area (Å²) < 4.78 is 0. The topological polar surface area (TPSA) is 94.6 Å². The molecule has 3 aliphatic rings. The van der Waals surface area contributed by atoms with Gasteiger partial charge >= 0.3 is 0 Å². The fraction of sp³-hybridized carbons (Fsp3) is 0.394. The van der Waals surface area contributed by atoms with Gasteiger partial charge in [-0.05, 0) is 99.5 Å². The van der Waals surface area contributed by atoms with Gasteiger partial charge in [-0.3, -0.25) is 19.3 Å². The van der Waals surface area contributed by atoms with Gasteiger partial charge in [0.1, 0.15) is 11.4 Å². The molecule has 0 radical (unpaired) electrons. The molecular formula is C33H36ClN5O3. The molecule has 3 aromatic rings. The van der Waals surface area contributed by atoms with Crippen molar-refractivity contribution < 1.29 is 14.4 Å². The fourth-order valence-corrected chi connectivity index (χ4v) is 6.90. The highest BCUT2D eigenvalue weighted by Gasteiger charge is 2.54. The summed E-state index contributed by atoms with van der Waals surface area (Å²) in [5, 5.41) is 6.88. The number of aryl methyl sites for hydroxylation is 2. The Balaban J connectivity index is 1.26. The van der Waals surface area contributed by atoms with Crippen LogP contribution in [0.4, 0.5) is 5.82 Å². The second-order valence-electron chi connectivity index (χ2n) is 11.8. The van der Waals surface area contributed by atoms with Crippen LogP contribution in [-0.4, -0.2) is 58.7 Å². The van der Waals surface area contributed by atoms with E-state index >= 15 is 0 Å². The molecule has 218 valence electrons. The van der Waals surface area contributed by atoms with Crippen molar-refractivity contribution in [3.8, 4) is 0 Å². The van der Waals surface area contributed by atoms with E-state index in [9.17, 15) is 14.4 Å². The molecule has 2 saturated heterocycles. The van der Waals surface area contributed by atoms with Gasteiger partial charge in [0.15, 0.2) is 0 Å². The lowest BCUT2D eigenvalue weighted by molar-refractivity contribution is -0.125. The number of anilines is 1. The summed E-state index contributed by atoms with van der Waals surface area (Å²) in [6.45, 7) is 7.68. The second kappa shape index (κ2) is 11.5. The second-order valence-corrected chi connectivity index (χ2v) is 12.2. The van der Waals surface area contributed by atoms with Crippen molar-refractivity contribution in [2.45, 2.75) is 51.6 Å². The molecule has 0 aliphatic carbocycles. The van der Waals surface area contributed by atoms with Crippen LogP contribution in [0.15, 0.2) is 54.6 Å². The minimum absolute atomic E-state index is 0.0500. The van der Waals surface area contributed by atoms with Gasteiger partial charge in [0, 0.05) is 41.5 Å². The summed E-state index contributed by atoms with van der Waals surface area (Å²) in [6, 6.07) is 16.9. The number of nitrogens with zero attached hydrogens (tertiary/aromatic N) is 3. The lowest BCUT2D eigenvalue weighted by atomic mass is 9.73. The Morgan fingerprint density at radius 2 is 1.76 bits per heavy atom. The first-order valence-corrected chi connectivity index (χ1v) is 15.1. The van der Waals surface area contributed by atoms with Crippen molar-refractivity contribution in [1.29, 1.82) is 0 Å². The van der Waals surface area contributed by atoms with Crippen LogP contribution in [0.5, 0.6) is 0 Å². The molecule has 2 fully saturated rings. The highest BCUT2D eigenvalue weighted by Crippen LogP contribution is 2.43. The molecule has 2 N–H and O–H groups in total. The third kappa shape index (κ3) is 5.29. The normalized spacial score (nSPS) is 20.8. The predicted octanol–water partition coefficient (Wildman–Crippen LogP) is 5.08. The Hall–Kier alpha value is -3.75. The van der Waals surface area contributed by atoms with Gasteiger partial charge in [0.25, 0.3) is 17.7 Å². The lowest BCUT2D eigenvalue weighted by Gasteiger charge is -2.42. The third-order valence-corrected chi connectivity index (χ3v) is 9.35. The maximum atomic E-state index is 14.3. The molecule has 9 heteroatoms. The first-order valence-electron chi connectivity index (χ1n) is 14.7. The molecule has 4 heterocycles. The van der Waals surface area contributed by atoms with Crippen LogP contribution in [0.2, 0.25) is 5.02 Å². The van der Waals surface area contributed by atoms with E-state index < -0.39 is 5.54 Å². The smallest absolute Gasteiger partial charge is 0.256 e. The van der Waals surface area contributed by atoms with E-state index in [1.54, 1.807) is 18.2 Å². The molecule has 3 amide bonds. The number of hydrogen-bond donors (Lipinski definition) is 2. The molecular weight excluding hydrogens is 550 g/mol. The van der Waals surface area contributed by atoms with E-state index in [-0.39, 0.29) is 23.6 Å². The molecule has 3 aliphatic heterocycles. The Kier molecular flexibility index (Phi) is 7.77. The highest BCUT2D eigenvalue weighted by atomic mass is 35.5. The SMILES string of the molecule is Cc1cc(C(=O)N2CCCC2)cc(NC(=O)[C@@]2(C3CCN(Cc4ccc(Cl)c(C)c4)CC3)NC(=O)c3ccccc32)n1. The van der Waals surface area contributed by atoms with Crippen molar-refractivity contribution in [2.24, 2.45) is 5.92 Å². The molecule has 1 aromatic heterocycles. The number of fused-ring (bicyclic) bond motifs is 1. The van der Waals surface area contributed by atoms with Gasteiger partial charge in [-0.2, -0.15) is 0 Å². The maximum Gasteiger partial charge on any atom is 0.256 e. The van der Waals surface area contributed by atoms with Gasteiger partial charge in [-0.25, -0.2) is 4.98 Å². The third-order valence-electron chi connectivity index (χ3n) is 8.93. The van der Waals surface area contributed by atoms with E-state index in [2.05, 4.69) is 32.7 Å². The number of pyridine rings is 1. The number of hydrogen-bond acceptors (Lipinski definition) is 5. The van der Waals surface area contributed by atoms with E-state index in [1.807, 2.05) is 43.0 Å². The van der Waals surface area contributed by atoms with Crippen molar-refractivity contribution in [1.82, 2.24) is 20.1 Å². The number of likely N-dealkylation sites (tertiary alicyclic amines) is 2. The molecule has 0 unspecified atom stereocenters. The number of rotatable bonds is 6. The number of piperidine rings is 1. The lowest BCUT2D eigenvalue weighted by Crippen LogP contribution is -2.57. The van der Waals surface area contributed by atoms with Crippen LogP contribution in [0, 0.1) is 19.8 Å². The van der Waals surface area contributed by atoms with Crippen molar-refractivity contribution >= 4 is 35.1 Å². The minimum atomic E-state index is -1.23. The molecule has 1 atom stereocenters. The number of benzene rings is 2. The Labute approximate surface area is 251 Å². The zero-order valence-electron chi connectivity index (χ0n) is 24.1. The van der Waals surface area contributed by atoms with E-state index in [1.165, 1.54) is 5.56 Å². The summed E-state index contributed by atoms with van der Waals surface area (Å²) in [6.07, 6.45) is 3.46. The molecule has 6 rings (SSSR count). The zero-order valence-corrected chi connectivity index (χ0v) is 24.8. The molecule has 0 saturated carbocycles. The van der Waals surface area contributed by atoms with Gasteiger partial charge in [0.05, 0.1) is 0 Å². The fourth-order valence-electron chi connectivity index (χ4n) is 6.79. The van der Waals surface area contributed by atoms with Crippen molar-refractivity contribution in [3.63, 3.8) is 0 Å². The Bertz CT molecular complexity index is 1540. The minimum Gasteiger partial charge on any atom is -0.339 e. The molecule has 0 spiro atoms. The molecule has 8 nitrogen and oxygen atoms in total. The summed E-state index contributed by atoms with van der Waals surface area (Å²) >= 11 is 6.22. The largest absolute Gasteiger partial charge is 0.339 e. The number of carbonyl (C=O) groups is 3. The monoisotopic (exact) mass is 585 g/mol. The van der Waals surface area contributed by atoms with Gasteiger partial charge < -0.3 is 15.5 Å². The number of carbonyl (C=O) groups excluding carboxylic acids is 3. The zero-order chi connectivity index (χ0) is 29.4. The Morgan fingerprint density at radius 1 is 1.02 bits per heavy atom. The highest BCUT2D eigenvalue weighted by molar-refractivity contribution is 6.31. The predicted molar refractivity (Wildman–Crippen MR) is 163 cm³/mol. The summed E-state index contributed by atoms with van der Waals surface area (Å²) in [7, 11) is 0. The van der Waals surface area contributed by atoms with Crippen LogP contribution < -0.4 is 10.6 Å². The summed E-state index contributed by atoms with van der Waals surface area (Å²) in [5.41, 5.74) is 3.39. The first kappa shape index (κ1) is 28.4. The van der Waals surface area contributed by atoms with Gasteiger partial charge in [0.2, 0.25) is 0 Å². The quantitative estimate of drug-likeness (QED) is 0.421. The van der Waals surface area contributed by atoms with Crippen LogP contribution >= 0.6 is 11.6 Å². The van der Waals surface area contributed by atoms with Crippen LogP contribution in [0.1, 0.15) is 68.8 Å². The van der Waals surface area contributed by atoms with E-state index in [4.69, 9.17) is 11.6 Å². The van der Waals surface area contributed by atoms with E-state index in [0.717, 1.165) is 69.0 Å². The van der Waals surface area contributed by atoms with Gasteiger partial charge in [-0.15, -0.1) is 0 Å². The summed E-state index contributed by atoms with van der Waals surface area (Å²) in [4.78, 5) is 49.5.